The molecule has 2 aromatic heterocycles. The third-order valence-electron chi connectivity index (χ3n) is 5.57. The molecule has 4 aromatic rings. The van der Waals surface area contributed by atoms with Crippen molar-refractivity contribution in [2.75, 3.05) is 26.3 Å². The van der Waals surface area contributed by atoms with Crippen molar-refractivity contribution in [2.24, 2.45) is 0 Å². The van der Waals surface area contributed by atoms with Crippen LogP contribution in [-0.4, -0.2) is 62.5 Å². The van der Waals surface area contributed by atoms with Gasteiger partial charge in [0.25, 0.3) is 0 Å². The number of para-hydroxylation sites is 2. The van der Waals surface area contributed by atoms with Crippen molar-refractivity contribution in [3.05, 3.63) is 71.7 Å². The topological polar surface area (TPSA) is 105 Å². The molecule has 0 aliphatic carbocycles. The van der Waals surface area contributed by atoms with E-state index in [2.05, 4.69) is 10.1 Å². The van der Waals surface area contributed by atoms with E-state index in [9.17, 15) is 9.59 Å². The second kappa shape index (κ2) is 9.29. The zero-order chi connectivity index (χ0) is 22.6. The maximum absolute atomic E-state index is 12.8. The van der Waals surface area contributed by atoms with E-state index < -0.39 is 5.76 Å². The summed E-state index contributed by atoms with van der Waals surface area (Å²) in [6.45, 7) is 2.00. The van der Waals surface area contributed by atoms with Crippen LogP contribution in [0.25, 0.3) is 16.8 Å². The number of nitrogens with zero attached hydrogens (tertiary/aromatic N) is 5. The Morgan fingerprint density at radius 2 is 2.00 bits per heavy atom. The number of carbonyl (C=O) groups excluding carboxylic acids is 1. The van der Waals surface area contributed by atoms with E-state index in [1.807, 2.05) is 42.5 Å². The van der Waals surface area contributed by atoms with Crippen molar-refractivity contribution in [1.29, 1.82) is 0 Å². The number of morpholine rings is 1. The van der Waals surface area contributed by atoms with Gasteiger partial charge in [0.05, 0.1) is 24.4 Å². The van der Waals surface area contributed by atoms with Gasteiger partial charge < -0.3 is 18.8 Å². The first-order valence-electron chi connectivity index (χ1n) is 10.7. The van der Waals surface area contributed by atoms with Crippen LogP contribution in [0.4, 0.5) is 0 Å². The van der Waals surface area contributed by atoms with Gasteiger partial charge in [-0.2, -0.15) is 5.10 Å². The fourth-order valence-corrected chi connectivity index (χ4v) is 3.86. The number of ether oxygens (including phenoxy) is 2. The Morgan fingerprint density at radius 3 is 2.82 bits per heavy atom. The molecule has 0 bridgehead atoms. The number of aryl methyl sites for hydroxylation is 1. The molecule has 1 aliphatic rings. The average molecular weight is 449 g/mol. The van der Waals surface area contributed by atoms with E-state index in [4.69, 9.17) is 13.9 Å². The lowest BCUT2D eigenvalue weighted by molar-refractivity contribution is -0.140. The number of oxazole rings is 1. The molecule has 0 N–H and O–H groups in total. The first-order valence-corrected chi connectivity index (χ1v) is 10.7. The zero-order valence-electron chi connectivity index (χ0n) is 17.9. The molecular formula is C23H23N5O5. The molecule has 1 unspecified atom stereocenters. The van der Waals surface area contributed by atoms with E-state index in [0.29, 0.717) is 43.2 Å². The van der Waals surface area contributed by atoms with E-state index in [1.54, 1.807) is 22.0 Å². The third-order valence-corrected chi connectivity index (χ3v) is 5.57. The summed E-state index contributed by atoms with van der Waals surface area (Å²) in [4.78, 5) is 30.6. The standard InChI is InChI=1S/C23H23N5O5/c29-22(9-10-27-20-3-1-2-4-21(20)33-23(27)30)26-11-12-31-19(13-26)14-32-18-7-5-17(6-8-18)28-16-24-15-25-28/h1-8,15-16,19H,9-14H2. The van der Waals surface area contributed by atoms with Crippen LogP contribution >= 0.6 is 0 Å². The lowest BCUT2D eigenvalue weighted by Crippen LogP contribution is -2.47. The summed E-state index contributed by atoms with van der Waals surface area (Å²) >= 11 is 0. The second-order valence-corrected chi connectivity index (χ2v) is 7.71. The van der Waals surface area contributed by atoms with Gasteiger partial charge in [0.2, 0.25) is 5.91 Å². The summed E-state index contributed by atoms with van der Waals surface area (Å²) in [5, 5.41) is 4.09. The number of amides is 1. The first kappa shape index (κ1) is 21.0. The van der Waals surface area contributed by atoms with Crippen LogP contribution in [0.3, 0.4) is 0 Å². The van der Waals surface area contributed by atoms with Crippen LogP contribution in [0.1, 0.15) is 6.42 Å². The monoisotopic (exact) mass is 449 g/mol. The highest BCUT2D eigenvalue weighted by Crippen LogP contribution is 2.17. The molecule has 1 saturated heterocycles. The van der Waals surface area contributed by atoms with Crippen LogP contribution in [0.15, 0.2) is 70.4 Å². The van der Waals surface area contributed by atoms with Crippen molar-refractivity contribution in [2.45, 2.75) is 19.1 Å². The molecule has 2 aromatic carbocycles. The second-order valence-electron chi connectivity index (χ2n) is 7.71. The van der Waals surface area contributed by atoms with Gasteiger partial charge in [0, 0.05) is 19.5 Å². The summed E-state index contributed by atoms with van der Waals surface area (Å²) in [5.74, 6) is 0.224. The lowest BCUT2D eigenvalue weighted by atomic mass is 10.2. The Balaban J connectivity index is 1.14. The van der Waals surface area contributed by atoms with Crippen molar-refractivity contribution >= 4 is 17.0 Å². The number of fused-ring (bicyclic) bond motifs is 1. The zero-order valence-corrected chi connectivity index (χ0v) is 17.9. The van der Waals surface area contributed by atoms with E-state index in [1.165, 1.54) is 10.9 Å². The molecule has 1 fully saturated rings. The lowest BCUT2D eigenvalue weighted by Gasteiger charge is -2.33. The summed E-state index contributed by atoms with van der Waals surface area (Å²) in [7, 11) is 0. The third kappa shape index (κ3) is 4.65. The van der Waals surface area contributed by atoms with Crippen molar-refractivity contribution < 1.29 is 18.7 Å². The minimum absolute atomic E-state index is 0.0299. The molecule has 0 spiro atoms. The molecule has 170 valence electrons. The highest BCUT2D eigenvalue weighted by atomic mass is 16.5. The van der Waals surface area contributed by atoms with Crippen molar-refractivity contribution in [3.63, 3.8) is 0 Å². The number of hydrogen-bond donors (Lipinski definition) is 0. The number of rotatable bonds is 7. The predicted octanol–water partition coefficient (Wildman–Crippen LogP) is 1.87. The Morgan fingerprint density at radius 1 is 1.15 bits per heavy atom. The molecule has 3 heterocycles. The maximum Gasteiger partial charge on any atom is 0.419 e. The molecule has 1 aliphatic heterocycles. The molecule has 33 heavy (non-hydrogen) atoms. The number of benzene rings is 2. The van der Waals surface area contributed by atoms with Crippen molar-refractivity contribution in [3.8, 4) is 11.4 Å². The van der Waals surface area contributed by atoms with Crippen LogP contribution in [0.2, 0.25) is 0 Å². The Hall–Kier alpha value is -3.92. The first-order chi connectivity index (χ1) is 16.2. The van der Waals surface area contributed by atoms with Crippen molar-refractivity contribution in [1.82, 2.24) is 24.2 Å². The molecule has 5 rings (SSSR count). The van der Waals surface area contributed by atoms with Crippen LogP contribution in [0, 0.1) is 0 Å². The quantitative estimate of drug-likeness (QED) is 0.424. The molecule has 10 nitrogen and oxygen atoms in total. The van der Waals surface area contributed by atoms with E-state index in [-0.39, 0.29) is 25.0 Å². The molecular weight excluding hydrogens is 426 g/mol. The van der Waals surface area contributed by atoms with Gasteiger partial charge in [-0.05, 0) is 36.4 Å². The summed E-state index contributed by atoms with van der Waals surface area (Å²) < 4.78 is 20.0. The van der Waals surface area contributed by atoms with E-state index in [0.717, 1.165) is 5.69 Å². The van der Waals surface area contributed by atoms with Gasteiger partial charge in [-0.3, -0.25) is 9.36 Å². The van der Waals surface area contributed by atoms with Gasteiger partial charge in [-0.15, -0.1) is 0 Å². The Kier molecular flexibility index (Phi) is 5.90. The van der Waals surface area contributed by atoms with Gasteiger partial charge in [0.1, 0.15) is 31.1 Å². The number of carbonyl (C=O) groups is 1. The smallest absolute Gasteiger partial charge is 0.419 e. The van der Waals surface area contributed by atoms with Crippen LogP contribution < -0.4 is 10.5 Å². The molecule has 0 radical (unpaired) electrons. The minimum Gasteiger partial charge on any atom is -0.491 e. The summed E-state index contributed by atoms with van der Waals surface area (Å²) in [6, 6.07) is 14.7. The molecule has 1 atom stereocenters. The van der Waals surface area contributed by atoms with Crippen LogP contribution in [0.5, 0.6) is 5.75 Å². The Bertz CT molecular complexity index is 1280. The maximum atomic E-state index is 12.8. The molecule has 0 saturated carbocycles. The average Bonchev–Trinajstić information content (AvgIpc) is 3.49. The number of hydrogen-bond acceptors (Lipinski definition) is 7. The van der Waals surface area contributed by atoms with Gasteiger partial charge in [-0.25, -0.2) is 14.5 Å². The van der Waals surface area contributed by atoms with Gasteiger partial charge >= 0.3 is 5.76 Å². The fourth-order valence-electron chi connectivity index (χ4n) is 3.86. The van der Waals surface area contributed by atoms with Gasteiger partial charge in [0.15, 0.2) is 5.58 Å². The Labute approximate surface area is 189 Å². The number of aromatic nitrogens is 4. The normalized spacial score (nSPS) is 16.2. The van der Waals surface area contributed by atoms with Gasteiger partial charge in [-0.1, -0.05) is 12.1 Å². The van der Waals surface area contributed by atoms with E-state index >= 15 is 0 Å². The summed E-state index contributed by atoms with van der Waals surface area (Å²) in [6.07, 6.45) is 3.09. The largest absolute Gasteiger partial charge is 0.491 e. The SMILES string of the molecule is O=C(CCn1c(=O)oc2ccccc21)N1CCOC(COc2ccc(-n3cncn3)cc2)C1. The summed E-state index contributed by atoms with van der Waals surface area (Å²) in [5.41, 5.74) is 2.10. The fraction of sp³-hybridized carbons (Fsp3) is 0.304. The van der Waals surface area contributed by atoms with Crippen LogP contribution in [-0.2, 0) is 16.1 Å². The highest BCUT2D eigenvalue weighted by Gasteiger charge is 2.25. The predicted molar refractivity (Wildman–Crippen MR) is 118 cm³/mol. The molecule has 1 amide bonds. The minimum atomic E-state index is -0.452. The highest BCUT2D eigenvalue weighted by molar-refractivity contribution is 5.77. The molecule has 10 heteroatoms.